The topological polar surface area (TPSA) is 28.7 Å². The van der Waals surface area contributed by atoms with Crippen molar-refractivity contribution in [2.24, 2.45) is 0 Å². The van der Waals surface area contributed by atoms with Gasteiger partial charge in [-0.25, -0.2) is 0 Å². The zero-order chi connectivity index (χ0) is 7.68. The Bertz CT molecular complexity index is 237. The SMILES string of the molecule is CCc1n[nH]c2c1CCCC2. The molecule has 0 bridgehead atoms. The van der Waals surface area contributed by atoms with E-state index < -0.39 is 0 Å². The molecule has 0 amide bonds. The van der Waals surface area contributed by atoms with Crippen LogP contribution in [-0.4, -0.2) is 10.2 Å². The van der Waals surface area contributed by atoms with Gasteiger partial charge >= 0.3 is 0 Å². The van der Waals surface area contributed by atoms with E-state index in [9.17, 15) is 0 Å². The predicted octanol–water partition coefficient (Wildman–Crippen LogP) is 1.85. The van der Waals surface area contributed by atoms with E-state index in [1.54, 1.807) is 0 Å². The van der Waals surface area contributed by atoms with Crippen molar-refractivity contribution in [2.75, 3.05) is 0 Å². The maximum absolute atomic E-state index is 4.29. The summed E-state index contributed by atoms with van der Waals surface area (Å²) in [6.07, 6.45) is 6.21. The third kappa shape index (κ3) is 1.06. The van der Waals surface area contributed by atoms with Crippen molar-refractivity contribution in [3.63, 3.8) is 0 Å². The van der Waals surface area contributed by atoms with Gasteiger partial charge in [0.1, 0.15) is 0 Å². The highest BCUT2D eigenvalue weighted by Gasteiger charge is 2.14. The van der Waals surface area contributed by atoms with Crippen molar-refractivity contribution in [3.8, 4) is 0 Å². The normalized spacial score (nSPS) is 16.5. The van der Waals surface area contributed by atoms with E-state index in [-0.39, 0.29) is 0 Å². The lowest BCUT2D eigenvalue weighted by Gasteiger charge is -2.09. The summed E-state index contributed by atoms with van der Waals surface area (Å²) in [5, 5.41) is 7.42. The monoisotopic (exact) mass is 150 g/mol. The summed E-state index contributed by atoms with van der Waals surface area (Å²) in [5.74, 6) is 0. The van der Waals surface area contributed by atoms with Gasteiger partial charge in [0, 0.05) is 5.69 Å². The minimum Gasteiger partial charge on any atom is -0.282 e. The fourth-order valence-corrected chi connectivity index (χ4v) is 1.84. The summed E-state index contributed by atoms with van der Waals surface area (Å²) in [7, 11) is 0. The Morgan fingerprint density at radius 3 is 3.00 bits per heavy atom. The minimum absolute atomic E-state index is 1.08. The molecule has 2 nitrogen and oxygen atoms in total. The molecule has 1 heterocycles. The molecule has 2 heteroatoms. The molecule has 0 unspecified atom stereocenters. The first-order valence-electron chi connectivity index (χ1n) is 4.46. The molecule has 0 saturated carbocycles. The van der Waals surface area contributed by atoms with E-state index in [0.29, 0.717) is 0 Å². The summed E-state index contributed by atoms with van der Waals surface area (Å²) in [4.78, 5) is 0. The first kappa shape index (κ1) is 6.89. The van der Waals surface area contributed by atoms with Crippen LogP contribution in [0.2, 0.25) is 0 Å². The Labute approximate surface area is 67.0 Å². The van der Waals surface area contributed by atoms with E-state index in [0.717, 1.165) is 6.42 Å². The Kier molecular flexibility index (Phi) is 1.68. The van der Waals surface area contributed by atoms with Crippen molar-refractivity contribution in [2.45, 2.75) is 39.0 Å². The second-order valence-electron chi connectivity index (χ2n) is 3.19. The van der Waals surface area contributed by atoms with Crippen LogP contribution in [0, 0.1) is 0 Å². The molecule has 11 heavy (non-hydrogen) atoms. The number of aromatic nitrogens is 2. The lowest BCUT2D eigenvalue weighted by atomic mass is 9.95. The molecule has 0 spiro atoms. The Morgan fingerprint density at radius 1 is 1.36 bits per heavy atom. The maximum atomic E-state index is 4.29. The smallest absolute Gasteiger partial charge is 0.0654 e. The van der Waals surface area contributed by atoms with E-state index in [1.165, 1.54) is 42.6 Å². The number of nitrogens with one attached hydrogen (secondary N) is 1. The summed E-state index contributed by atoms with van der Waals surface area (Å²) in [6, 6.07) is 0. The quantitative estimate of drug-likeness (QED) is 0.650. The number of hydrogen-bond acceptors (Lipinski definition) is 1. The largest absolute Gasteiger partial charge is 0.282 e. The number of aryl methyl sites for hydroxylation is 2. The summed E-state index contributed by atoms with van der Waals surface area (Å²) < 4.78 is 0. The van der Waals surface area contributed by atoms with Gasteiger partial charge in [-0.15, -0.1) is 0 Å². The van der Waals surface area contributed by atoms with Crippen LogP contribution in [0.1, 0.15) is 36.7 Å². The van der Waals surface area contributed by atoms with Gasteiger partial charge in [0.15, 0.2) is 0 Å². The molecule has 1 aliphatic carbocycles. The van der Waals surface area contributed by atoms with Crippen LogP contribution in [0.5, 0.6) is 0 Å². The molecular formula is C9H14N2. The second-order valence-corrected chi connectivity index (χ2v) is 3.19. The van der Waals surface area contributed by atoms with Gasteiger partial charge in [-0.05, 0) is 37.7 Å². The third-order valence-electron chi connectivity index (χ3n) is 2.48. The van der Waals surface area contributed by atoms with Crippen LogP contribution in [0.4, 0.5) is 0 Å². The van der Waals surface area contributed by atoms with Crippen LogP contribution in [-0.2, 0) is 19.3 Å². The molecule has 0 aliphatic heterocycles. The molecule has 0 radical (unpaired) electrons. The van der Waals surface area contributed by atoms with Crippen LogP contribution in [0.15, 0.2) is 0 Å². The number of aromatic amines is 1. The highest BCUT2D eigenvalue weighted by Crippen LogP contribution is 2.21. The molecule has 0 aromatic carbocycles. The summed E-state index contributed by atoms with van der Waals surface area (Å²) in [6.45, 7) is 2.17. The number of nitrogens with zero attached hydrogens (tertiary/aromatic N) is 1. The highest BCUT2D eigenvalue weighted by atomic mass is 15.1. The molecule has 0 saturated heterocycles. The number of H-pyrrole nitrogens is 1. The fourth-order valence-electron chi connectivity index (χ4n) is 1.84. The van der Waals surface area contributed by atoms with E-state index in [2.05, 4.69) is 17.1 Å². The molecule has 1 aromatic rings. The van der Waals surface area contributed by atoms with Crippen LogP contribution >= 0.6 is 0 Å². The van der Waals surface area contributed by atoms with E-state index in [4.69, 9.17) is 0 Å². The highest BCUT2D eigenvalue weighted by molar-refractivity contribution is 5.27. The van der Waals surface area contributed by atoms with Gasteiger partial charge in [0.2, 0.25) is 0 Å². The van der Waals surface area contributed by atoms with Gasteiger partial charge in [0.25, 0.3) is 0 Å². The van der Waals surface area contributed by atoms with Gasteiger partial charge < -0.3 is 0 Å². The van der Waals surface area contributed by atoms with Crippen molar-refractivity contribution < 1.29 is 0 Å². The predicted molar refractivity (Wildman–Crippen MR) is 44.6 cm³/mol. The molecule has 1 aromatic heterocycles. The first-order valence-corrected chi connectivity index (χ1v) is 4.46. The summed E-state index contributed by atoms with van der Waals surface area (Å²) >= 11 is 0. The standard InChI is InChI=1S/C9H14N2/c1-2-8-7-5-3-4-6-9(7)11-10-8/h2-6H2,1H3,(H,10,11). The second kappa shape index (κ2) is 2.68. The molecule has 1 N–H and O–H groups in total. The first-order chi connectivity index (χ1) is 5.42. The zero-order valence-corrected chi connectivity index (χ0v) is 6.98. The molecule has 1 aliphatic rings. The Hall–Kier alpha value is -0.790. The van der Waals surface area contributed by atoms with Gasteiger partial charge in [-0.2, -0.15) is 5.10 Å². The molecule has 2 rings (SSSR count). The minimum atomic E-state index is 1.08. The third-order valence-corrected chi connectivity index (χ3v) is 2.48. The number of fused-ring (bicyclic) bond motifs is 1. The molecule has 0 fully saturated rings. The van der Waals surface area contributed by atoms with Crippen molar-refractivity contribution in [3.05, 3.63) is 17.0 Å². The van der Waals surface area contributed by atoms with Crippen LogP contribution in [0.3, 0.4) is 0 Å². The average molecular weight is 150 g/mol. The van der Waals surface area contributed by atoms with Gasteiger partial charge in [-0.1, -0.05) is 6.92 Å². The van der Waals surface area contributed by atoms with Gasteiger partial charge in [0.05, 0.1) is 5.69 Å². The summed E-state index contributed by atoms with van der Waals surface area (Å²) in [5.41, 5.74) is 4.20. The van der Waals surface area contributed by atoms with Crippen LogP contribution < -0.4 is 0 Å². The van der Waals surface area contributed by atoms with Crippen molar-refractivity contribution in [1.29, 1.82) is 0 Å². The molecule has 60 valence electrons. The zero-order valence-electron chi connectivity index (χ0n) is 6.98. The number of hydrogen-bond donors (Lipinski definition) is 1. The average Bonchev–Trinajstić information content (AvgIpc) is 2.47. The van der Waals surface area contributed by atoms with Crippen LogP contribution in [0.25, 0.3) is 0 Å². The Balaban J connectivity index is 2.38. The van der Waals surface area contributed by atoms with Crippen molar-refractivity contribution >= 4 is 0 Å². The maximum Gasteiger partial charge on any atom is 0.0654 e. The molecule has 0 atom stereocenters. The lowest BCUT2D eigenvalue weighted by Crippen LogP contribution is -2.01. The van der Waals surface area contributed by atoms with E-state index in [1.807, 2.05) is 0 Å². The molecular weight excluding hydrogens is 136 g/mol. The van der Waals surface area contributed by atoms with Gasteiger partial charge in [-0.3, -0.25) is 5.10 Å². The Morgan fingerprint density at radius 2 is 2.18 bits per heavy atom. The fraction of sp³-hybridized carbons (Fsp3) is 0.667. The lowest BCUT2D eigenvalue weighted by molar-refractivity contribution is 0.672. The van der Waals surface area contributed by atoms with E-state index >= 15 is 0 Å². The number of rotatable bonds is 1. The van der Waals surface area contributed by atoms with Crippen molar-refractivity contribution in [1.82, 2.24) is 10.2 Å².